The topological polar surface area (TPSA) is 185 Å². The monoisotopic (exact) mass is 674 g/mol. The van der Waals surface area contributed by atoms with Gasteiger partial charge in [0.15, 0.2) is 0 Å². The molecule has 0 aromatic carbocycles. The first kappa shape index (κ1) is 52.6. The van der Waals surface area contributed by atoms with Gasteiger partial charge >= 0.3 is 71.1 Å². The number of unbranched alkanes of at least 4 members (excludes halogenated alkanes) is 18. The Balaban J connectivity index is -0.000000367. The van der Waals surface area contributed by atoms with Crippen molar-refractivity contribution in [1.82, 2.24) is 0 Å². The number of carbonyl (C=O) groups is 4. The molecule has 4 N–H and O–H groups in total. The van der Waals surface area contributed by atoms with E-state index in [0.717, 1.165) is 25.7 Å². The molecule has 0 aliphatic carbocycles. The minimum absolute atomic E-state index is 0. The van der Waals surface area contributed by atoms with Gasteiger partial charge in [0.1, 0.15) is 0 Å². The van der Waals surface area contributed by atoms with Crippen molar-refractivity contribution in [3.05, 3.63) is 0 Å². The van der Waals surface area contributed by atoms with E-state index in [1.54, 1.807) is 0 Å². The predicted molar refractivity (Wildman–Crippen MR) is 170 cm³/mol. The van der Waals surface area contributed by atoms with E-state index in [2.05, 4.69) is 13.8 Å². The molecule has 0 bridgehead atoms. The maximum absolute atomic E-state index is 11.3. The molecule has 260 valence electrons. The fourth-order valence-electron chi connectivity index (χ4n) is 4.48. The molecule has 10 nitrogen and oxygen atoms in total. The van der Waals surface area contributed by atoms with E-state index < -0.39 is 24.0 Å². The van der Waals surface area contributed by atoms with Crippen molar-refractivity contribution in [1.29, 1.82) is 0 Å². The molecule has 0 rings (SSSR count). The second-order valence-corrected chi connectivity index (χ2v) is 11.7. The van der Waals surface area contributed by atoms with Crippen LogP contribution in [0.1, 0.15) is 168 Å². The fourth-order valence-corrected chi connectivity index (χ4v) is 4.48. The fraction of sp³-hybridized carbons (Fsp3) is 0.882. The van der Waals surface area contributed by atoms with Crippen LogP contribution < -0.4 is 80.8 Å². The van der Waals surface area contributed by atoms with Gasteiger partial charge in [-0.25, -0.2) is 0 Å². The van der Waals surface area contributed by atoms with Crippen LogP contribution in [-0.4, -0.2) is 49.2 Å². The van der Waals surface area contributed by atoms with Crippen molar-refractivity contribution in [2.45, 2.75) is 180 Å². The Morgan fingerprint density at radius 3 is 0.957 bits per heavy atom. The van der Waals surface area contributed by atoms with Crippen LogP contribution in [0.25, 0.3) is 0 Å². The molecule has 0 aromatic heterocycles. The Labute approximate surface area is 324 Å². The van der Waals surface area contributed by atoms with Gasteiger partial charge in [-0.2, -0.15) is 0 Å². The normalized spacial score (nSPS) is 11.6. The van der Waals surface area contributed by atoms with Gasteiger partial charge in [0.05, 0.1) is 25.2 Å². The van der Waals surface area contributed by atoms with Crippen LogP contribution in [0, 0.1) is 0 Å². The second kappa shape index (κ2) is 41.0. The van der Waals surface area contributed by atoms with Gasteiger partial charge in [0.2, 0.25) is 0 Å². The van der Waals surface area contributed by atoms with Gasteiger partial charge in [-0.05, 0) is 25.7 Å². The molecule has 2 atom stereocenters. The molecular formula is C34H64N2Na2O8. The average molecular weight is 675 g/mol. The summed E-state index contributed by atoms with van der Waals surface area (Å²) in [5.74, 6) is -3.43. The van der Waals surface area contributed by atoms with Gasteiger partial charge in [0.25, 0.3) is 0 Å². The maximum Gasteiger partial charge on any atom is 1.00 e. The molecule has 46 heavy (non-hydrogen) atoms. The Morgan fingerprint density at radius 1 is 0.478 bits per heavy atom. The van der Waals surface area contributed by atoms with E-state index in [9.17, 15) is 29.4 Å². The summed E-state index contributed by atoms with van der Waals surface area (Å²) in [7, 11) is 0. The first-order chi connectivity index (χ1) is 21.1. The van der Waals surface area contributed by atoms with Crippen LogP contribution in [0.2, 0.25) is 0 Å². The Kier molecular flexibility index (Phi) is 46.9. The van der Waals surface area contributed by atoms with Crippen molar-refractivity contribution < 1.29 is 98.0 Å². The number of carboxylic acid groups (broad SMARTS) is 2. The average Bonchev–Trinajstić information content (AvgIpc) is 3.00. The molecule has 0 unspecified atom stereocenters. The third-order valence-corrected chi connectivity index (χ3v) is 7.45. The van der Waals surface area contributed by atoms with Crippen LogP contribution in [-0.2, 0) is 28.7 Å². The molecule has 0 spiro atoms. The molecule has 0 saturated heterocycles. The first-order valence-corrected chi connectivity index (χ1v) is 17.4. The van der Waals surface area contributed by atoms with Crippen LogP contribution in [0.5, 0.6) is 0 Å². The van der Waals surface area contributed by atoms with Crippen molar-refractivity contribution in [3.63, 3.8) is 0 Å². The quantitative estimate of drug-likeness (QED) is 0.0523. The van der Waals surface area contributed by atoms with Gasteiger partial charge in [-0.15, -0.1) is 0 Å². The summed E-state index contributed by atoms with van der Waals surface area (Å²) in [5.41, 5.74) is 10.5. The van der Waals surface area contributed by atoms with E-state index in [1.165, 1.54) is 103 Å². The zero-order chi connectivity index (χ0) is 33.3. The largest absolute Gasteiger partial charge is 1.00 e. The number of carbonyl (C=O) groups excluding carboxylic acids is 4. The standard InChI is InChI=1S/2C17H33NO4.2Na/c2*1-2-3-4-5-6-7-8-9-10-11-14-22-16(19)13-12-15(18)17(20)21;;/h2*15H,2-14,18H2,1H3,(H,20,21);;/q;;2*+1/p-2/t2*15-;;/m00../s1. The van der Waals surface area contributed by atoms with E-state index in [4.69, 9.17) is 20.9 Å². The molecule has 12 heteroatoms. The number of esters is 2. The smallest absolute Gasteiger partial charge is 0.548 e. The Bertz CT molecular complexity index is 659. The molecular weight excluding hydrogens is 610 g/mol. The summed E-state index contributed by atoms with van der Waals surface area (Å²) < 4.78 is 10.1. The number of rotatable bonds is 30. The number of nitrogens with two attached hydrogens (primary N) is 2. The molecule has 0 aliphatic heterocycles. The number of aliphatic carboxylic acids is 2. The van der Waals surface area contributed by atoms with Crippen LogP contribution >= 0.6 is 0 Å². The molecule has 0 radical (unpaired) electrons. The zero-order valence-electron chi connectivity index (χ0n) is 30.0. The van der Waals surface area contributed by atoms with Crippen molar-refractivity contribution >= 4 is 23.9 Å². The van der Waals surface area contributed by atoms with Crippen molar-refractivity contribution in [2.24, 2.45) is 11.5 Å². The molecule has 0 heterocycles. The number of ether oxygens (including phenoxy) is 2. The first-order valence-electron chi connectivity index (χ1n) is 17.4. The summed E-state index contributed by atoms with van der Waals surface area (Å²) in [6.45, 7) is 5.28. The number of carboxylic acids is 2. The molecule has 0 amide bonds. The Hall–Kier alpha value is -0.200. The van der Waals surface area contributed by atoms with E-state index >= 15 is 0 Å². The van der Waals surface area contributed by atoms with Gasteiger partial charge in [-0.3, -0.25) is 9.59 Å². The number of hydrogen-bond donors (Lipinski definition) is 2. The van der Waals surface area contributed by atoms with Crippen LogP contribution in [0.3, 0.4) is 0 Å². The van der Waals surface area contributed by atoms with Crippen LogP contribution in [0.4, 0.5) is 0 Å². The summed E-state index contributed by atoms with van der Waals surface area (Å²) in [4.78, 5) is 43.4. The van der Waals surface area contributed by atoms with Crippen molar-refractivity contribution in [3.8, 4) is 0 Å². The summed E-state index contributed by atoms with van der Waals surface area (Å²) >= 11 is 0. The minimum Gasteiger partial charge on any atom is -0.548 e. The van der Waals surface area contributed by atoms with E-state index in [0.29, 0.717) is 13.2 Å². The zero-order valence-corrected chi connectivity index (χ0v) is 34.0. The molecule has 0 fully saturated rings. The van der Waals surface area contributed by atoms with Gasteiger partial charge < -0.3 is 40.7 Å². The molecule has 0 aliphatic rings. The van der Waals surface area contributed by atoms with Gasteiger partial charge in [0, 0.05) is 24.9 Å². The van der Waals surface area contributed by atoms with E-state index in [1.807, 2.05) is 0 Å². The number of hydrogen-bond acceptors (Lipinski definition) is 10. The summed E-state index contributed by atoms with van der Waals surface area (Å²) in [6.07, 6.45) is 24.9. The van der Waals surface area contributed by atoms with Crippen molar-refractivity contribution in [2.75, 3.05) is 13.2 Å². The summed E-state index contributed by atoms with van der Waals surface area (Å²) in [5, 5.41) is 20.8. The third kappa shape index (κ3) is 41.8. The minimum atomic E-state index is -1.33. The SMILES string of the molecule is CCCCCCCCCCCCOC(=O)CC[C@H](N)C(=O)[O-].CCCCCCCCCCCCOC(=O)CC[C@H](N)C(=O)[O-].[Na+].[Na+]. The maximum atomic E-state index is 11.3. The van der Waals surface area contributed by atoms with Crippen LogP contribution in [0.15, 0.2) is 0 Å². The molecule has 0 saturated carbocycles. The second-order valence-electron chi connectivity index (χ2n) is 11.7. The van der Waals surface area contributed by atoms with E-state index in [-0.39, 0.29) is 96.7 Å². The van der Waals surface area contributed by atoms with Gasteiger partial charge in [-0.1, -0.05) is 129 Å². The summed E-state index contributed by atoms with van der Waals surface area (Å²) in [6, 6.07) is -2.19. The molecule has 0 aromatic rings. The Morgan fingerprint density at radius 2 is 0.717 bits per heavy atom. The predicted octanol–water partition coefficient (Wildman–Crippen LogP) is -1.38. The third-order valence-electron chi connectivity index (χ3n) is 7.45.